The molecule has 1 aliphatic rings. The molecule has 0 spiro atoms. The molecule has 0 aromatic heterocycles. The third kappa shape index (κ3) is 4.40. The Kier molecular flexibility index (Phi) is 5.17. The van der Waals surface area contributed by atoms with Gasteiger partial charge >= 0.3 is 11.7 Å². The Labute approximate surface area is 133 Å². The van der Waals surface area contributed by atoms with Gasteiger partial charge in [0.1, 0.15) is 12.7 Å². The quantitative estimate of drug-likeness (QED) is 0.447. The number of para-hydroxylation sites is 1. The molecule has 2 rings (SSSR count). The summed E-state index contributed by atoms with van der Waals surface area (Å²) in [6, 6.07) is 4.58. The standard InChI is InChI=1S/C15H19NO7/c1-15(2)22-9-11(23-15)8-21-12-6-4-5-10(7-13(17)20-3)14(12)16(18)19/h4-6,11H,7-9H2,1-3H3. The highest BCUT2D eigenvalue weighted by Gasteiger charge is 2.33. The summed E-state index contributed by atoms with van der Waals surface area (Å²) in [7, 11) is 1.23. The van der Waals surface area contributed by atoms with E-state index in [0.717, 1.165) is 0 Å². The number of nitro groups is 1. The Morgan fingerprint density at radius 1 is 1.48 bits per heavy atom. The molecule has 1 saturated heterocycles. The number of benzene rings is 1. The van der Waals surface area contributed by atoms with Crippen molar-refractivity contribution >= 4 is 11.7 Å². The number of nitro benzene ring substituents is 1. The Bertz CT molecular complexity index is 599. The highest BCUT2D eigenvalue weighted by molar-refractivity contribution is 5.75. The van der Waals surface area contributed by atoms with E-state index < -0.39 is 16.7 Å². The van der Waals surface area contributed by atoms with Crippen molar-refractivity contribution in [2.24, 2.45) is 0 Å². The highest BCUT2D eigenvalue weighted by atomic mass is 16.7. The predicted molar refractivity (Wildman–Crippen MR) is 79.2 cm³/mol. The molecule has 1 fully saturated rings. The molecule has 8 nitrogen and oxygen atoms in total. The van der Waals surface area contributed by atoms with Gasteiger partial charge in [-0.15, -0.1) is 0 Å². The van der Waals surface area contributed by atoms with Gasteiger partial charge in [0, 0.05) is 5.56 Å². The summed E-state index contributed by atoms with van der Waals surface area (Å²) in [6.45, 7) is 4.04. The number of methoxy groups -OCH3 is 1. The van der Waals surface area contributed by atoms with Gasteiger partial charge in [0.05, 0.1) is 25.1 Å². The van der Waals surface area contributed by atoms with Crippen LogP contribution in [0.2, 0.25) is 0 Å². The van der Waals surface area contributed by atoms with Gasteiger partial charge in [-0.25, -0.2) is 0 Å². The smallest absolute Gasteiger partial charge is 0.314 e. The zero-order valence-electron chi connectivity index (χ0n) is 13.2. The largest absolute Gasteiger partial charge is 0.484 e. The molecule has 0 N–H and O–H groups in total. The van der Waals surface area contributed by atoms with Crippen molar-refractivity contribution in [3.8, 4) is 5.75 Å². The molecule has 0 saturated carbocycles. The molecule has 1 aromatic rings. The van der Waals surface area contributed by atoms with Crippen LogP contribution in [0.4, 0.5) is 5.69 Å². The molecule has 0 radical (unpaired) electrons. The Morgan fingerprint density at radius 3 is 2.78 bits per heavy atom. The third-order valence-corrected chi connectivity index (χ3v) is 3.32. The van der Waals surface area contributed by atoms with Crippen molar-refractivity contribution in [2.45, 2.75) is 32.2 Å². The summed E-state index contributed by atoms with van der Waals surface area (Å²) in [4.78, 5) is 22.1. The van der Waals surface area contributed by atoms with Crippen molar-refractivity contribution in [1.29, 1.82) is 0 Å². The maximum Gasteiger partial charge on any atom is 0.314 e. The zero-order valence-corrected chi connectivity index (χ0v) is 13.2. The lowest BCUT2D eigenvalue weighted by Crippen LogP contribution is -2.25. The summed E-state index contributed by atoms with van der Waals surface area (Å²) >= 11 is 0. The van der Waals surface area contributed by atoms with Gasteiger partial charge in [0.2, 0.25) is 0 Å². The fraction of sp³-hybridized carbons (Fsp3) is 0.533. The number of carbonyl (C=O) groups is 1. The summed E-state index contributed by atoms with van der Waals surface area (Å²) in [5.74, 6) is -1.16. The Morgan fingerprint density at radius 2 is 2.22 bits per heavy atom. The van der Waals surface area contributed by atoms with Gasteiger partial charge in [0.25, 0.3) is 0 Å². The van der Waals surface area contributed by atoms with E-state index in [9.17, 15) is 14.9 Å². The number of hydrogen-bond acceptors (Lipinski definition) is 7. The van der Waals surface area contributed by atoms with E-state index in [-0.39, 0.29) is 36.1 Å². The average Bonchev–Trinajstić information content (AvgIpc) is 2.84. The van der Waals surface area contributed by atoms with Crippen LogP contribution in [0.1, 0.15) is 19.4 Å². The number of carbonyl (C=O) groups excluding carboxylic acids is 1. The van der Waals surface area contributed by atoms with Crippen LogP contribution >= 0.6 is 0 Å². The lowest BCUT2D eigenvalue weighted by molar-refractivity contribution is -0.386. The van der Waals surface area contributed by atoms with Crippen LogP contribution in [0.3, 0.4) is 0 Å². The molecule has 8 heteroatoms. The van der Waals surface area contributed by atoms with Crippen molar-refractivity contribution in [3.63, 3.8) is 0 Å². The highest BCUT2D eigenvalue weighted by Crippen LogP contribution is 2.32. The minimum absolute atomic E-state index is 0.0877. The van der Waals surface area contributed by atoms with E-state index in [2.05, 4.69) is 4.74 Å². The topological polar surface area (TPSA) is 97.1 Å². The fourth-order valence-electron chi connectivity index (χ4n) is 2.29. The minimum atomic E-state index is -0.688. The molecule has 1 heterocycles. The molecular formula is C15H19NO7. The molecule has 0 amide bonds. The number of hydrogen-bond donors (Lipinski definition) is 0. The van der Waals surface area contributed by atoms with Crippen molar-refractivity contribution < 1.29 is 28.7 Å². The predicted octanol–water partition coefficient (Wildman–Crippen LogP) is 1.84. The fourth-order valence-corrected chi connectivity index (χ4v) is 2.29. The minimum Gasteiger partial charge on any atom is -0.484 e. The van der Waals surface area contributed by atoms with Gasteiger partial charge in [-0.1, -0.05) is 12.1 Å². The number of esters is 1. The first-order valence-corrected chi connectivity index (χ1v) is 7.10. The van der Waals surface area contributed by atoms with E-state index in [1.54, 1.807) is 19.9 Å². The van der Waals surface area contributed by atoms with Crippen molar-refractivity contribution in [3.05, 3.63) is 33.9 Å². The first kappa shape index (κ1) is 17.2. The monoisotopic (exact) mass is 325 g/mol. The molecular weight excluding hydrogens is 306 g/mol. The van der Waals surface area contributed by atoms with Crippen LogP contribution in [-0.2, 0) is 25.4 Å². The average molecular weight is 325 g/mol. The van der Waals surface area contributed by atoms with E-state index in [0.29, 0.717) is 6.61 Å². The van der Waals surface area contributed by atoms with E-state index in [1.807, 2.05) is 0 Å². The summed E-state index contributed by atoms with van der Waals surface area (Å²) in [6.07, 6.45) is -0.506. The van der Waals surface area contributed by atoms with E-state index in [1.165, 1.54) is 19.2 Å². The number of rotatable bonds is 6. The van der Waals surface area contributed by atoms with Crippen LogP contribution in [0.15, 0.2) is 18.2 Å². The van der Waals surface area contributed by atoms with Crippen LogP contribution in [0, 0.1) is 10.1 Å². The third-order valence-electron chi connectivity index (χ3n) is 3.32. The lowest BCUT2D eigenvalue weighted by Gasteiger charge is -2.17. The Balaban J connectivity index is 2.13. The van der Waals surface area contributed by atoms with Gasteiger partial charge in [0.15, 0.2) is 11.5 Å². The maximum absolute atomic E-state index is 11.4. The van der Waals surface area contributed by atoms with Crippen LogP contribution < -0.4 is 4.74 Å². The van der Waals surface area contributed by atoms with Crippen molar-refractivity contribution in [2.75, 3.05) is 20.3 Å². The second-order valence-electron chi connectivity index (χ2n) is 5.54. The second kappa shape index (κ2) is 6.93. The SMILES string of the molecule is COC(=O)Cc1cccc(OCC2COC(C)(C)O2)c1[N+](=O)[O-]. The number of ether oxygens (including phenoxy) is 4. The molecule has 0 aliphatic carbocycles. The molecule has 23 heavy (non-hydrogen) atoms. The van der Waals surface area contributed by atoms with Gasteiger partial charge in [-0.2, -0.15) is 0 Å². The van der Waals surface area contributed by atoms with Gasteiger partial charge in [-0.05, 0) is 19.9 Å². The summed E-state index contributed by atoms with van der Waals surface area (Å²) in [5, 5.41) is 11.3. The van der Waals surface area contributed by atoms with Crippen molar-refractivity contribution in [1.82, 2.24) is 0 Å². The van der Waals surface area contributed by atoms with Crippen LogP contribution in [0.5, 0.6) is 5.75 Å². The molecule has 1 atom stereocenters. The summed E-state index contributed by atoms with van der Waals surface area (Å²) < 4.78 is 21.1. The first-order valence-electron chi connectivity index (χ1n) is 7.10. The molecule has 1 aromatic carbocycles. The first-order chi connectivity index (χ1) is 10.8. The number of nitrogens with zero attached hydrogens (tertiary/aromatic N) is 1. The maximum atomic E-state index is 11.4. The van der Waals surface area contributed by atoms with Crippen LogP contribution in [0.25, 0.3) is 0 Å². The molecule has 1 aliphatic heterocycles. The van der Waals surface area contributed by atoms with Gasteiger partial charge in [-0.3, -0.25) is 14.9 Å². The second-order valence-corrected chi connectivity index (χ2v) is 5.54. The normalized spacial score (nSPS) is 19.3. The Hall–Kier alpha value is -2.19. The zero-order chi connectivity index (χ0) is 17.0. The summed E-state index contributed by atoms with van der Waals surface area (Å²) in [5.41, 5.74) is -0.000606. The van der Waals surface area contributed by atoms with E-state index >= 15 is 0 Å². The van der Waals surface area contributed by atoms with Crippen LogP contribution in [-0.4, -0.2) is 43.1 Å². The van der Waals surface area contributed by atoms with Gasteiger partial charge < -0.3 is 18.9 Å². The molecule has 0 bridgehead atoms. The van der Waals surface area contributed by atoms with E-state index in [4.69, 9.17) is 14.2 Å². The lowest BCUT2D eigenvalue weighted by atomic mass is 10.1. The molecule has 126 valence electrons. The molecule has 1 unspecified atom stereocenters.